The van der Waals surface area contributed by atoms with Gasteiger partial charge in [0.05, 0.1) is 6.61 Å². The molecule has 0 aliphatic rings. The van der Waals surface area contributed by atoms with Crippen LogP contribution < -0.4 is 4.72 Å². The van der Waals surface area contributed by atoms with Gasteiger partial charge in [-0.25, -0.2) is 18.1 Å². The number of thiophene rings is 1. The maximum atomic E-state index is 11.9. The fourth-order valence-corrected chi connectivity index (χ4v) is 3.17. The lowest BCUT2D eigenvalue weighted by Gasteiger charge is -2.05. The minimum atomic E-state index is -3.58. The molecule has 0 aromatic carbocycles. The molecular weight excluding hydrogens is 284 g/mol. The van der Waals surface area contributed by atoms with Crippen LogP contribution in [0.3, 0.4) is 0 Å². The van der Waals surface area contributed by atoms with E-state index < -0.39 is 10.0 Å². The molecule has 2 heterocycles. The molecule has 5 nitrogen and oxygen atoms in total. The van der Waals surface area contributed by atoms with E-state index in [4.69, 9.17) is 5.11 Å². The number of aromatic nitrogens is 1. The van der Waals surface area contributed by atoms with Crippen molar-refractivity contribution < 1.29 is 13.5 Å². The van der Waals surface area contributed by atoms with Gasteiger partial charge in [0, 0.05) is 17.6 Å². The van der Waals surface area contributed by atoms with E-state index in [1.807, 2.05) is 17.5 Å². The van der Waals surface area contributed by atoms with E-state index in [2.05, 4.69) is 9.71 Å². The maximum Gasteiger partial charge on any atom is 0.258 e. The van der Waals surface area contributed by atoms with E-state index in [1.54, 1.807) is 17.4 Å². The van der Waals surface area contributed by atoms with E-state index >= 15 is 0 Å². The number of hydrogen-bond acceptors (Lipinski definition) is 5. The molecule has 0 radical (unpaired) electrons. The maximum absolute atomic E-state index is 11.9. The Morgan fingerprint density at radius 3 is 2.74 bits per heavy atom. The molecule has 0 amide bonds. The summed E-state index contributed by atoms with van der Waals surface area (Å²) in [6.45, 7) is 0.186. The van der Waals surface area contributed by atoms with Crippen molar-refractivity contribution in [3.63, 3.8) is 0 Å². The highest BCUT2D eigenvalue weighted by molar-refractivity contribution is 7.89. The summed E-state index contributed by atoms with van der Waals surface area (Å²) in [6, 6.07) is 6.83. The van der Waals surface area contributed by atoms with Crippen LogP contribution in [0, 0.1) is 0 Å². The van der Waals surface area contributed by atoms with Crippen LogP contribution >= 0.6 is 11.3 Å². The summed E-state index contributed by atoms with van der Waals surface area (Å²) in [5.41, 5.74) is 0.581. The molecule has 2 aromatic heterocycles. The summed E-state index contributed by atoms with van der Waals surface area (Å²) in [4.78, 5) is 4.96. The third kappa shape index (κ3) is 3.84. The van der Waals surface area contributed by atoms with Crippen LogP contribution in [0.5, 0.6) is 0 Å². The van der Waals surface area contributed by atoms with Crippen LogP contribution in [0.2, 0.25) is 0 Å². The Morgan fingerprint density at radius 2 is 2.16 bits per heavy atom. The molecule has 0 saturated heterocycles. The third-order valence-corrected chi connectivity index (χ3v) is 4.81. The Bertz CT molecular complexity index is 607. The zero-order valence-electron chi connectivity index (χ0n) is 10.1. The van der Waals surface area contributed by atoms with Crippen LogP contribution in [-0.2, 0) is 23.1 Å². The summed E-state index contributed by atoms with van der Waals surface area (Å²) in [6.07, 6.45) is 2.01. The lowest BCUT2D eigenvalue weighted by Crippen LogP contribution is -2.26. The molecule has 0 spiro atoms. The SMILES string of the molecule is O=S(=O)(NCCc1cccs1)c1ccc(CO)cn1. The highest BCUT2D eigenvalue weighted by Crippen LogP contribution is 2.10. The Labute approximate surface area is 116 Å². The second-order valence-electron chi connectivity index (χ2n) is 3.89. The van der Waals surface area contributed by atoms with Gasteiger partial charge in [-0.15, -0.1) is 11.3 Å². The van der Waals surface area contributed by atoms with Crippen LogP contribution in [0.15, 0.2) is 40.9 Å². The molecule has 0 atom stereocenters. The molecule has 102 valence electrons. The lowest BCUT2D eigenvalue weighted by atomic mass is 10.3. The molecule has 0 saturated carbocycles. The van der Waals surface area contributed by atoms with Gasteiger partial charge >= 0.3 is 0 Å². The van der Waals surface area contributed by atoms with Gasteiger partial charge in [-0.1, -0.05) is 12.1 Å². The number of sulfonamides is 1. The monoisotopic (exact) mass is 298 g/mol. The van der Waals surface area contributed by atoms with Crippen molar-refractivity contribution in [3.8, 4) is 0 Å². The fraction of sp³-hybridized carbons (Fsp3) is 0.250. The van der Waals surface area contributed by atoms with E-state index in [0.717, 1.165) is 4.88 Å². The smallest absolute Gasteiger partial charge is 0.258 e. The van der Waals surface area contributed by atoms with Crippen molar-refractivity contribution in [2.24, 2.45) is 0 Å². The van der Waals surface area contributed by atoms with Gasteiger partial charge in [-0.2, -0.15) is 0 Å². The zero-order chi connectivity index (χ0) is 13.7. The van der Waals surface area contributed by atoms with E-state index in [9.17, 15) is 8.42 Å². The topological polar surface area (TPSA) is 79.3 Å². The van der Waals surface area contributed by atoms with Gasteiger partial charge in [-0.05, 0) is 29.5 Å². The zero-order valence-corrected chi connectivity index (χ0v) is 11.7. The lowest BCUT2D eigenvalue weighted by molar-refractivity contribution is 0.281. The Hall–Kier alpha value is -1.28. The first-order valence-corrected chi connectivity index (χ1v) is 8.06. The van der Waals surface area contributed by atoms with Gasteiger partial charge in [0.2, 0.25) is 0 Å². The van der Waals surface area contributed by atoms with Crippen molar-refractivity contribution >= 4 is 21.4 Å². The number of nitrogens with one attached hydrogen (secondary N) is 1. The minimum Gasteiger partial charge on any atom is -0.392 e. The van der Waals surface area contributed by atoms with Gasteiger partial charge in [-0.3, -0.25) is 0 Å². The highest BCUT2D eigenvalue weighted by Gasteiger charge is 2.14. The molecule has 0 unspecified atom stereocenters. The summed E-state index contributed by atoms with van der Waals surface area (Å²) in [5.74, 6) is 0. The van der Waals surface area contributed by atoms with Crippen molar-refractivity contribution in [1.29, 1.82) is 0 Å². The van der Waals surface area contributed by atoms with Crippen LogP contribution in [0.1, 0.15) is 10.4 Å². The highest BCUT2D eigenvalue weighted by atomic mass is 32.2. The van der Waals surface area contributed by atoms with Crippen LogP contribution in [0.4, 0.5) is 0 Å². The molecule has 0 fully saturated rings. The number of pyridine rings is 1. The van der Waals surface area contributed by atoms with Crippen molar-refractivity contribution in [2.75, 3.05) is 6.54 Å². The molecule has 0 aliphatic carbocycles. The number of hydrogen-bond donors (Lipinski definition) is 2. The first-order valence-electron chi connectivity index (χ1n) is 5.69. The van der Waals surface area contributed by atoms with Gasteiger partial charge in [0.15, 0.2) is 5.03 Å². The van der Waals surface area contributed by atoms with E-state index in [0.29, 0.717) is 18.5 Å². The summed E-state index contributed by atoms with van der Waals surface area (Å²) < 4.78 is 26.4. The molecule has 2 aromatic rings. The first kappa shape index (κ1) is 14.1. The molecule has 0 bridgehead atoms. The molecule has 19 heavy (non-hydrogen) atoms. The molecular formula is C12H14N2O3S2. The quantitative estimate of drug-likeness (QED) is 0.838. The summed E-state index contributed by atoms with van der Waals surface area (Å²) >= 11 is 1.60. The second kappa shape index (κ2) is 6.25. The first-order chi connectivity index (χ1) is 9.12. The van der Waals surface area contributed by atoms with Crippen molar-refractivity contribution in [3.05, 3.63) is 46.3 Å². The van der Waals surface area contributed by atoms with E-state index in [-0.39, 0.29) is 11.6 Å². The average Bonchev–Trinajstić information content (AvgIpc) is 2.92. The number of nitrogens with zero attached hydrogens (tertiary/aromatic N) is 1. The molecule has 0 aliphatic heterocycles. The number of rotatable bonds is 6. The average molecular weight is 298 g/mol. The van der Waals surface area contributed by atoms with Crippen LogP contribution in [0.25, 0.3) is 0 Å². The molecule has 7 heteroatoms. The normalized spacial score (nSPS) is 11.6. The van der Waals surface area contributed by atoms with Crippen molar-refractivity contribution in [1.82, 2.24) is 9.71 Å². The Balaban J connectivity index is 1.97. The largest absolute Gasteiger partial charge is 0.392 e. The number of aliphatic hydroxyl groups excluding tert-OH is 1. The number of aliphatic hydroxyl groups is 1. The second-order valence-corrected chi connectivity index (χ2v) is 6.64. The van der Waals surface area contributed by atoms with E-state index in [1.165, 1.54) is 12.3 Å². The predicted molar refractivity (Wildman–Crippen MR) is 73.4 cm³/mol. The van der Waals surface area contributed by atoms with Crippen molar-refractivity contribution in [2.45, 2.75) is 18.1 Å². The minimum absolute atomic E-state index is 0.0316. The third-order valence-electron chi connectivity index (χ3n) is 2.50. The molecule has 2 N–H and O–H groups in total. The fourth-order valence-electron chi connectivity index (χ4n) is 1.50. The summed E-state index contributed by atoms with van der Waals surface area (Å²) in [7, 11) is -3.58. The Morgan fingerprint density at radius 1 is 1.32 bits per heavy atom. The predicted octanol–water partition coefficient (Wildman–Crippen LogP) is 1.16. The molecule has 2 rings (SSSR count). The van der Waals surface area contributed by atoms with Gasteiger partial charge < -0.3 is 5.11 Å². The Kier molecular flexibility index (Phi) is 4.65. The summed E-state index contributed by atoms with van der Waals surface area (Å²) in [5, 5.41) is 10.8. The van der Waals surface area contributed by atoms with Gasteiger partial charge in [0.25, 0.3) is 10.0 Å². The van der Waals surface area contributed by atoms with Crippen LogP contribution in [-0.4, -0.2) is 25.1 Å². The van der Waals surface area contributed by atoms with Gasteiger partial charge in [0.1, 0.15) is 0 Å². The standard InChI is InChI=1S/C12H14N2O3S2/c15-9-10-3-4-12(13-8-10)19(16,17)14-6-5-11-2-1-7-18-11/h1-4,7-8,14-15H,5-6,9H2.